The van der Waals surface area contributed by atoms with Gasteiger partial charge in [0.25, 0.3) is 0 Å². The van der Waals surface area contributed by atoms with E-state index >= 15 is 0 Å². The molecule has 24 heavy (non-hydrogen) atoms. The Bertz CT molecular complexity index is 418. The Morgan fingerprint density at radius 1 is 0.917 bits per heavy atom. The molecule has 1 aliphatic heterocycles. The van der Waals surface area contributed by atoms with Crippen molar-refractivity contribution < 1.29 is 35.0 Å². The van der Waals surface area contributed by atoms with Gasteiger partial charge in [-0.3, -0.25) is 0 Å². The zero-order chi connectivity index (χ0) is 18.2. The summed E-state index contributed by atoms with van der Waals surface area (Å²) < 4.78 is 11.1. The Morgan fingerprint density at radius 3 is 2.04 bits per heavy atom. The van der Waals surface area contributed by atoms with E-state index in [1.54, 1.807) is 0 Å². The SMILES string of the molecule is CNC1C(O)C(O)C(N)C(OC2OC(CN)C(O)C(O)C2N)C1O. The summed E-state index contributed by atoms with van der Waals surface area (Å²) in [6, 6.07) is -3.11. The van der Waals surface area contributed by atoms with E-state index in [1.807, 2.05) is 0 Å². The number of aliphatic hydroxyl groups excluding tert-OH is 5. The molecule has 1 saturated carbocycles. The largest absolute Gasteiger partial charge is 0.389 e. The van der Waals surface area contributed by atoms with Crippen molar-refractivity contribution in [1.29, 1.82) is 0 Å². The summed E-state index contributed by atoms with van der Waals surface area (Å²) in [4.78, 5) is 0. The molecule has 0 amide bonds. The van der Waals surface area contributed by atoms with Crippen LogP contribution in [-0.2, 0) is 9.47 Å². The van der Waals surface area contributed by atoms with Gasteiger partial charge in [0.05, 0.1) is 36.4 Å². The molecule has 142 valence electrons. The first kappa shape index (κ1) is 19.9. The number of nitrogens with one attached hydrogen (secondary N) is 1. The van der Waals surface area contributed by atoms with Crippen molar-refractivity contribution >= 4 is 0 Å². The Hall–Kier alpha value is -0.440. The summed E-state index contributed by atoms with van der Waals surface area (Å²) in [5.74, 6) is 0. The normalized spacial score (nSPS) is 53.1. The smallest absolute Gasteiger partial charge is 0.176 e. The summed E-state index contributed by atoms with van der Waals surface area (Å²) in [5, 5.41) is 52.9. The number of hydrogen-bond donors (Lipinski definition) is 9. The Kier molecular flexibility index (Phi) is 6.50. The maximum Gasteiger partial charge on any atom is 0.176 e. The van der Waals surface area contributed by atoms with Crippen LogP contribution in [0.1, 0.15) is 0 Å². The number of nitrogens with two attached hydrogens (primary N) is 3. The first-order valence-electron chi connectivity index (χ1n) is 7.84. The second-order valence-corrected chi connectivity index (χ2v) is 6.30. The van der Waals surface area contributed by atoms with Gasteiger partial charge in [-0.1, -0.05) is 0 Å². The van der Waals surface area contributed by atoms with E-state index in [1.165, 1.54) is 7.05 Å². The number of rotatable bonds is 4. The molecule has 0 radical (unpaired) electrons. The maximum absolute atomic E-state index is 10.4. The molecule has 11 nitrogen and oxygen atoms in total. The fraction of sp³-hybridized carbons (Fsp3) is 1.00. The summed E-state index contributed by atoms with van der Waals surface area (Å²) in [7, 11) is 1.51. The maximum atomic E-state index is 10.4. The molecule has 0 aromatic heterocycles. The lowest BCUT2D eigenvalue weighted by Gasteiger charge is -2.47. The molecule has 1 saturated heterocycles. The average Bonchev–Trinajstić information content (AvgIpc) is 2.57. The average molecular weight is 352 g/mol. The van der Waals surface area contributed by atoms with Gasteiger partial charge < -0.3 is 57.5 Å². The van der Waals surface area contributed by atoms with Crippen LogP contribution in [0.3, 0.4) is 0 Å². The zero-order valence-corrected chi connectivity index (χ0v) is 13.3. The molecule has 11 unspecified atom stereocenters. The molecule has 2 rings (SSSR count). The van der Waals surface area contributed by atoms with Crippen molar-refractivity contribution in [2.75, 3.05) is 13.6 Å². The quantitative estimate of drug-likeness (QED) is 0.232. The van der Waals surface area contributed by atoms with Crippen LogP contribution >= 0.6 is 0 Å². The predicted molar refractivity (Wildman–Crippen MR) is 81.4 cm³/mol. The Balaban J connectivity index is 2.15. The molecular formula is C13H28N4O7. The lowest BCUT2D eigenvalue weighted by molar-refractivity contribution is -0.291. The third kappa shape index (κ3) is 3.43. The fourth-order valence-corrected chi connectivity index (χ4v) is 3.21. The first-order valence-corrected chi connectivity index (χ1v) is 7.84. The van der Waals surface area contributed by atoms with Crippen LogP contribution in [0.5, 0.6) is 0 Å². The van der Waals surface area contributed by atoms with E-state index in [0.29, 0.717) is 0 Å². The number of hydrogen-bond acceptors (Lipinski definition) is 11. The fourth-order valence-electron chi connectivity index (χ4n) is 3.21. The van der Waals surface area contributed by atoms with Crippen LogP contribution in [0.4, 0.5) is 0 Å². The van der Waals surface area contributed by atoms with E-state index in [-0.39, 0.29) is 6.54 Å². The van der Waals surface area contributed by atoms with Crippen LogP contribution in [0.2, 0.25) is 0 Å². The standard InChI is InChI=1S/C13H28N4O7/c1-17-6-10(21)8(19)4(15)12(11(6)22)24-13-5(16)9(20)7(18)3(2-14)23-13/h3-13,17-22H,2,14-16H2,1H3. The van der Waals surface area contributed by atoms with Gasteiger partial charge in [0.1, 0.15) is 24.4 Å². The van der Waals surface area contributed by atoms with E-state index in [2.05, 4.69) is 5.32 Å². The summed E-state index contributed by atoms with van der Waals surface area (Å²) >= 11 is 0. The molecular weight excluding hydrogens is 324 g/mol. The monoisotopic (exact) mass is 352 g/mol. The van der Waals surface area contributed by atoms with E-state index < -0.39 is 67.1 Å². The van der Waals surface area contributed by atoms with Gasteiger partial charge >= 0.3 is 0 Å². The number of likely N-dealkylation sites (N-methyl/N-ethyl adjacent to an activating group) is 1. The molecule has 12 N–H and O–H groups in total. The minimum Gasteiger partial charge on any atom is -0.389 e. The van der Waals surface area contributed by atoms with Gasteiger partial charge in [-0.15, -0.1) is 0 Å². The second kappa shape index (κ2) is 7.85. The number of aliphatic hydroxyl groups is 5. The van der Waals surface area contributed by atoms with Crippen LogP contribution in [0.25, 0.3) is 0 Å². The van der Waals surface area contributed by atoms with Crippen LogP contribution in [0, 0.1) is 0 Å². The predicted octanol–water partition coefficient (Wildman–Crippen LogP) is -5.88. The Morgan fingerprint density at radius 2 is 1.50 bits per heavy atom. The van der Waals surface area contributed by atoms with Crippen LogP contribution < -0.4 is 22.5 Å². The third-order valence-electron chi connectivity index (χ3n) is 4.80. The first-order chi connectivity index (χ1) is 11.2. The minimum absolute atomic E-state index is 0.0788. The van der Waals surface area contributed by atoms with Crippen molar-refractivity contribution in [2.24, 2.45) is 17.2 Å². The van der Waals surface area contributed by atoms with Crippen molar-refractivity contribution in [3.8, 4) is 0 Å². The summed E-state index contributed by atoms with van der Waals surface area (Å²) in [6.45, 7) is -0.0788. The van der Waals surface area contributed by atoms with Gasteiger partial charge in [-0.05, 0) is 7.05 Å². The minimum atomic E-state index is -1.35. The zero-order valence-electron chi connectivity index (χ0n) is 13.3. The van der Waals surface area contributed by atoms with Crippen molar-refractivity contribution in [3.05, 3.63) is 0 Å². The topological polar surface area (TPSA) is 210 Å². The highest BCUT2D eigenvalue weighted by molar-refractivity contribution is 5.05. The lowest BCUT2D eigenvalue weighted by Crippen LogP contribution is -2.72. The molecule has 0 bridgehead atoms. The molecule has 1 aliphatic carbocycles. The highest BCUT2D eigenvalue weighted by Crippen LogP contribution is 2.27. The molecule has 0 aromatic carbocycles. The molecule has 11 heteroatoms. The molecule has 2 fully saturated rings. The van der Waals surface area contributed by atoms with Crippen molar-refractivity contribution in [3.63, 3.8) is 0 Å². The van der Waals surface area contributed by atoms with E-state index in [4.69, 9.17) is 26.7 Å². The van der Waals surface area contributed by atoms with E-state index in [0.717, 1.165) is 0 Å². The van der Waals surface area contributed by atoms with Gasteiger partial charge in [-0.2, -0.15) is 0 Å². The highest BCUT2D eigenvalue weighted by atomic mass is 16.7. The van der Waals surface area contributed by atoms with Crippen LogP contribution in [-0.4, -0.2) is 106 Å². The third-order valence-corrected chi connectivity index (χ3v) is 4.80. The molecule has 2 aliphatic rings. The molecule has 0 spiro atoms. The Labute approximate surface area is 139 Å². The van der Waals surface area contributed by atoms with E-state index in [9.17, 15) is 25.5 Å². The lowest BCUT2D eigenvalue weighted by atomic mass is 9.81. The molecule has 11 atom stereocenters. The van der Waals surface area contributed by atoms with Gasteiger partial charge in [0.2, 0.25) is 0 Å². The summed E-state index contributed by atoms with van der Waals surface area (Å²) in [5.41, 5.74) is 17.2. The number of ether oxygens (including phenoxy) is 2. The van der Waals surface area contributed by atoms with Crippen molar-refractivity contribution in [2.45, 2.75) is 67.1 Å². The van der Waals surface area contributed by atoms with Gasteiger partial charge in [0, 0.05) is 6.54 Å². The van der Waals surface area contributed by atoms with Gasteiger partial charge in [0.15, 0.2) is 6.29 Å². The molecule has 1 heterocycles. The van der Waals surface area contributed by atoms with Crippen LogP contribution in [0.15, 0.2) is 0 Å². The molecule has 0 aromatic rings. The van der Waals surface area contributed by atoms with Gasteiger partial charge in [-0.25, -0.2) is 0 Å². The summed E-state index contributed by atoms with van der Waals surface area (Å²) in [6.07, 6.45) is -9.75. The van der Waals surface area contributed by atoms with Crippen molar-refractivity contribution in [1.82, 2.24) is 5.32 Å². The highest BCUT2D eigenvalue weighted by Gasteiger charge is 2.51. The second-order valence-electron chi connectivity index (χ2n) is 6.30.